The SMILES string of the molecule is CC(N)C(c1cccs1)N(C)Cc1ccncc1. The fraction of sp³-hybridized carbons (Fsp3) is 0.357. The van der Waals surface area contributed by atoms with Gasteiger partial charge in [0, 0.05) is 29.9 Å². The molecule has 0 aliphatic rings. The van der Waals surface area contributed by atoms with Crippen molar-refractivity contribution in [1.29, 1.82) is 0 Å². The zero-order chi connectivity index (χ0) is 13.0. The molecular formula is C14H19N3S. The molecule has 2 N–H and O–H groups in total. The second kappa shape index (κ2) is 6.09. The fourth-order valence-electron chi connectivity index (χ4n) is 2.21. The van der Waals surface area contributed by atoms with Crippen molar-refractivity contribution in [3.8, 4) is 0 Å². The average molecular weight is 261 g/mol. The van der Waals surface area contributed by atoms with Crippen LogP contribution in [0.3, 0.4) is 0 Å². The lowest BCUT2D eigenvalue weighted by Crippen LogP contribution is -2.36. The van der Waals surface area contributed by atoms with Crippen molar-refractivity contribution < 1.29 is 0 Å². The number of hydrogen-bond donors (Lipinski definition) is 1. The zero-order valence-electron chi connectivity index (χ0n) is 10.8. The first kappa shape index (κ1) is 13.2. The maximum Gasteiger partial charge on any atom is 0.0591 e. The second-order valence-corrected chi connectivity index (χ2v) is 5.57. The Labute approximate surface area is 112 Å². The number of nitrogens with two attached hydrogens (primary N) is 1. The average Bonchev–Trinajstić information content (AvgIpc) is 2.83. The van der Waals surface area contributed by atoms with E-state index >= 15 is 0 Å². The van der Waals surface area contributed by atoms with Gasteiger partial charge in [0.05, 0.1) is 6.04 Å². The van der Waals surface area contributed by atoms with E-state index in [2.05, 4.69) is 41.4 Å². The van der Waals surface area contributed by atoms with Crippen LogP contribution in [0, 0.1) is 0 Å². The standard InChI is InChI=1S/C14H19N3S/c1-11(15)14(13-4-3-9-18-13)17(2)10-12-5-7-16-8-6-12/h3-9,11,14H,10,15H2,1-2H3. The third kappa shape index (κ3) is 3.16. The van der Waals surface area contributed by atoms with Gasteiger partial charge in [0.25, 0.3) is 0 Å². The van der Waals surface area contributed by atoms with Crippen LogP contribution in [-0.4, -0.2) is 23.0 Å². The van der Waals surface area contributed by atoms with Gasteiger partial charge in [-0.05, 0) is 43.1 Å². The smallest absolute Gasteiger partial charge is 0.0591 e. The maximum absolute atomic E-state index is 6.14. The summed E-state index contributed by atoms with van der Waals surface area (Å²) in [5.41, 5.74) is 7.39. The van der Waals surface area contributed by atoms with Gasteiger partial charge in [-0.3, -0.25) is 9.88 Å². The Morgan fingerprint density at radius 2 is 2.06 bits per heavy atom. The summed E-state index contributed by atoms with van der Waals surface area (Å²) in [4.78, 5) is 7.66. The summed E-state index contributed by atoms with van der Waals surface area (Å²) in [6, 6.07) is 8.69. The highest BCUT2D eigenvalue weighted by molar-refractivity contribution is 7.10. The zero-order valence-corrected chi connectivity index (χ0v) is 11.6. The third-order valence-electron chi connectivity index (χ3n) is 2.99. The van der Waals surface area contributed by atoms with Crippen molar-refractivity contribution in [1.82, 2.24) is 9.88 Å². The van der Waals surface area contributed by atoms with Gasteiger partial charge in [0.1, 0.15) is 0 Å². The molecule has 0 spiro atoms. The third-order valence-corrected chi connectivity index (χ3v) is 3.93. The topological polar surface area (TPSA) is 42.1 Å². The Morgan fingerprint density at radius 1 is 1.33 bits per heavy atom. The van der Waals surface area contributed by atoms with E-state index in [0.717, 1.165) is 6.54 Å². The molecule has 3 nitrogen and oxygen atoms in total. The summed E-state index contributed by atoms with van der Waals surface area (Å²) in [6.07, 6.45) is 3.66. The summed E-state index contributed by atoms with van der Waals surface area (Å²) < 4.78 is 0. The van der Waals surface area contributed by atoms with Gasteiger partial charge in [-0.25, -0.2) is 0 Å². The van der Waals surface area contributed by atoms with Crippen LogP contribution in [0.2, 0.25) is 0 Å². The lowest BCUT2D eigenvalue weighted by atomic mass is 10.1. The first-order chi connectivity index (χ1) is 8.68. The van der Waals surface area contributed by atoms with E-state index in [1.165, 1.54) is 10.4 Å². The molecule has 96 valence electrons. The van der Waals surface area contributed by atoms with Crippen molar-refractivity contribution in [2.75, 3.05) is 7.05 Å². The molecule has 4 heteroatoms. The second-order valence-electron chi connectivity index (χ2n) is 4.59. The van der Waals surface area contributed by atoms with Crippen LogP contribution in [0.25, 0.3) is 0 Å². The molecule has 0 saturated carbocycles. The predicted molar refractivity (Wildman–Crippen MR) is 76.4 cm³/mol. The van der Waals surface area contributed by atoms with Crippen molar-refractivity contribution in [2.24, 2.45) is 5.73 Å². The minimum absolute atomic E-state index is 0.107. The van der Waals surface area contributed by atoms with Gasteiger partial charge in [-0.15, -0.1) is 11.3 Å². The Hall–Kier alpha value is -1.23. The minimum Gasteiger partial charge on any atom is -0.326 e. The molecule has 0 aliphatic carbocycles. The number of rotatable bonds is 5. The van der Waals surface area contributed by atoms with Crippen LogP contribution < -0.4 is 5.73 Å². The highest BCUT2D eigenvalue weighted by atomic mass is 32.1. The number of likely N-dealkylation sites (N-methyl/N-ethyl adjacent to an activating group) is 1. The molecule has 0 aliphatic heterocycles. The number of aromatic nitrogens is 1. The molecule has 0 fully saturated rings. The summed E-state index contributed by atoms with van der Waals surface area (Å²) in [6.45, 7) is 2.94. The number of nitrogens with zero attached hydrogens (tertiary/aromatic N) is 2. The largest absolute Gasteiger partial charge is 0.326 e. The van der Waals surface area contributed by atoms with E-state index in [1.54, 1.807) is 11.3 Å². The van der Waals surface area contributed by atoms with E-state index in [4.69, 9.17) is 5.73 Å². The Balaban J connectivity index is 2.12. The number of hydrogen-bond acceptors (Lipinski definition) is 4. The fourth-order valence-corrected chi connectivity index (χ4v) is 3.22. The molecule has 2 unspecified atom stereocenters. The highest BCUT2D eigenvalue weighted by Crippen LogP contribution is 2.27. The van der Waals surface area contributed by atoms with Crippen molar-refractivity contribution in [2.45, 2.75) is 25.6 Å². The van der Waals surface area contributed by atoms with E-state index in [0.29, 0.717) is 0 Å². The predicted octanol–water partition coefficient (Wildman–Crippen LogP) is 2.66. The van der Waals surface area contributed by atoms with Crippen LogP contribution in [0.4, 0.5) is 0 Å². The Kier molecular flexibility index (Phi) is 4.47. The molecule has 2 heterocycles. The van der Waals surface area contributed by atoms with Gasteiger partial charge in [-0.2, -0.15) is 0 Å². The summed E-state index contributed by atoms with van der Waals surface area (Å²) >= 11 is 1.76. The van der Waals surface area contributed by atoms with Crippen LogP contribution in [0.15, 0.2) is 42.0 Å². The van der Waals surface area contributed by atoms with Gasteiger partial charge < -0.3 is 5.73 Å². The van der Waals surface area contributed by atoms with Crippen molar-refractivity contribution >= 4 is 11.3 Å². The monoisotopic (exact) mass is 261 g/mol. The van der Waals surface area contributed by atoms with Crippen LogP contribution >= 0.6 is 11.3 Å². The molecule has 2 aromatic rings. The molecular weight excluding hydrogens is 242 g/mol. The van der Waals surface area contributed by atoms with Gasteiger partial charge >= 0.3 is 0 Å². The van der Waals surface area contributed by atoms with E-state index in [-0.39, 0.29) is 12.1 Å². The van der Waals surface area contributed by atoms with Crippen molar-refractivity contribution in [3.63, 3.8) is 0 Å². The summed E-state index contributed by atoms with van der Waals surface area (Å²) in [7, 11) is 2.12. The van der Waals surface area contributed by atoms with E-state index in [9.17, 15) is 0 Å². The van der Waals surface area contributed by atoms with Crippen LogP contribution in [0.1, 0.15) is 23.4 Å². The Bertz CT molecular complexity index is 453. The number of pyridine rings is 1. The van der Waals surface area contributed by atoms with Crippen molar-refractivity contribution in [3.05, 3.63) is 52.5 Å². The minimum atomic E-state index is 0.107. The molecule has 0 amide bonds. The van der Waals surface area contributed by atoms with Crippen LogP contribution in [0.5, 0.6) is 0 Å². The van der Waals surface area contributed by atoms with E-state index in [1.807, 2.05) is 24.5 Å². The lowest BCUT2D eigenvalue weighted by Gasteiger charge is -2.30. The van der Waals surface area contributed by atoms with Gasteiger partial charge in [0.15, 0.2) is 0 Å². The molecule has 0 bridgehead atoms. The molecule has 2 aromatic heterocycles. The first-order valence-corrected chi connectivity index (χ1v) is 6.94. The van der Waals surface area contributed by atoms with Gasteiger partial charge in [-0.1, -0.05) is 6.07 Å². The highest BCUT2D eigenvalue weighted by Gasteiger charge is 2.22. The van der Waals surface area contributed by atoms with E-state index < -0.39 is 0 Å². The quantitative estimate of drug-likeness (QED) is 0.899. The lowest BCUT2D eigenvalue weighted by molar-refractivity contribution is 0.214. The normalized spacial score (nSPS) is 14.7. The molecule has 0 aromatic carbocycles. The summed E-state index contributed by atoms with van der Waals surface area (Å²) in [5.74, 6) is 0. The molecule has 18 heavy (non-hydrogen) atoms. The molecule has 0 radical (unpaired) electrons. The van der Waals surface area contributed by atoms with Crippen LogP contribution in [-0.2, 0) is 6.54 Å². The Morgan fingerprint density at radius 3 is 2.61 bits per heavy atom. The summed E-state index contributed by atoms with van der Waals surface area (Å²) in [5, 5.41) is 2.10. The molecule has 0 saturated heterocycles. The molecule has 2 rings (SSSR count). The maximum atomic E-state index is 6.14. The first-order valence-electron chi connectivity index (χ1n) is 6.06. The van der Waals surface area contributed by atoms with Gasteiger partial charge in [0.2, 0.25) is 0 Å². The molecule has 2 atom stereocenters. The number of thiophene rings is 1.